The molecule has 0 atom stereocenters. The van der Waals surface area contributed by atoms with Crippen LogP contribution in [0.5, 0.6) is 0 Å². The fourth-order valence-electron chi connectivity index (χ4n) is 1.82. The number of rotatable bonds is 2. The molecule has 2 rings (SSSR count). The van der Waals surface area contributed by atoms with Gasteiger partial charge in [-0.25, -0.2) is 9.97 Å². The predicted octanol–water partition coefficient (Wildman–Crippen LogP) is 2.40. The van der Waals surface area contributed by atoms with E-state index < -0.39 is 0 Å². The van der Waals surface area contributed by atoms with Crippen LogP contribution in [0.25, 0.3) is 11.0 Å². The van der Waals surface area contributed by atoms with Gasteiger partial charge in [-0.2, -0.15) is 0 Å². The maximum Gasteiger partial charge on any atom is 0.255 e. The van der Waals surface area contributed by atoms with E-state index in [0.717, 1.165) is 16.6 Å². The Bertz CT molecular complexity index is 619. The van der Waals surface area contributed by atoms with Crippen molar-refractivity contribution in [3.05, 3.63) is 28.2 Å². The van der Waals surface area contributed by atoms with Gasteiger partial charge in [0.1, 0.15) is 5.65 Å². The lowest BCUT2D eigenvalue weighted by Crippen LogP contribution is -2.25. The number of pyridine rings is 1. The van der Waals surface area contributed by atoms with Gasteiger partial charge in [0.15, 0.2) is 5.16 Å². The lowest BCUT2D eigenvalue weighted by atomic mass is 10.2. The number of hydrogen-bond donors (Lipinski definition) is 0. The largest absolute Gasteiger partial charge is 0.290 e. The molecule has 2 aromatic heterocycles. The first-order chi connectivity index (χ1) is 8.04. The highest BCUT2D eigenvalue weighted by Crippen LogP contribution is 2.17. The van der Waals surface area contributed by atoms with Crippen molar-refractivity contribution in [2.24, 2.45) is 0 Å². The Morgan fingerprint density at radius 1 is 1.41 bits per heavy atom. The maximum atomic E-state index is 12.1. The maximum absolute atomic E-state index is 12.1. The molecule has 5 heteroatoms. The van der Waals surface area contributed by atoms with Crippen molar-refractivity contribution in [1.82, 2.24) is 14.5 Å². The Morgan fingerprint density at radius 2 is 2.12 bits per heavy atom. The fourth-order valence-corrected chi connectivity index (χ4v) is 2.16. The molecule has 4 nitrogen and oxygen atoms in total. The molecule has 0 aromatic carbocycles. The summed E-state index contributed by atoms with van der Waals surface area (Å²) >= 11 is 1.48. The van der Waals surface area contributed by atoms with Crippen molar-refractivity contribution in [2.45, 2.75) is 32.0 Å². The average Bonchev–Trinajstić information content (AvgIpc) is 2.29. The van der Waals surface area contributed by atoms with Gasteiger partial charge in [0.2, 0.25) is 0 Å². The first-order valence-electron chi connectivity index (χ1n) is 5.47. The van der Waals surface area contributed by atoms with Crippen LogP contribution in [0.2, 0.25) is 0 Å². The number of hydrogen-bond acceptors (Lipinski definition) is 4. The van der Waals surface area contributed by atoms with Crippen LogP contribution in [0, 0.1) is 6.92 Å². The lowest BCUT2D eigenvalue weighted by Gasteiger charge is -2.14. The van der Waals surface area contributed by atoms with Crippen molar-refractivity contribution < 1.29 is 0 Å². The second-order valence-electron chi connectivity index (χ2n) is 4.23. The van der Waals surface area contributed by atoms with E-state index >= 15 is 0 Å². The van der Waals surface area contributed by atoms with Crippen molar-refractivity contribution in [1.29, 1.82) is 0 Å². The summed E-state index contributed by atoms with van der Waals surface area (Å²) in [6.07, 6.45) is 3.70. The molecule has 0 saturated heterocycles. The molecule has 0 N–H and O–H groups in total. The second-order valence-corrected chi connectivity index (χ2v) is 5.01. The first kappa shape index (κ1) is 12.1. The van der Waals surface area contributed by atoms with Crippen molar-refractivity contribution >= 4 is 22.8 Å². The number of fused-ring (bicyclic) bond motifs is 1. The molecule has 0 aliphatic rings. The van der Waals surface area contributed by atoms with E-state index in [0.29, 0.717) is 5.16 Å². The molecule has 0 bridgehead atoms. The summed E-state index contributed by atoms with van der Waals surface area (Å²) in [6, 6.07) is 1.94. The number of aryl methyl sites for hydroxylation is 1. The summed E-state index contributed by atoms with van der Waals surface area (Å²) in [7, 11) is 0. The van der Waals surface area contributed by atoms with Gasteiger partial charge in [0.05, 0.1) is 0 Å². The molecule has 90 valence electrons. The molecule has 2 heterocycles. The second kappa shape index (κ2) is 4.49. The van der Waals surface area contributed by atoms with E-state index in [-0.39, 0.29) is 11.6 Å². The van der Waals surface area contributed by atoms with Crippen molar-refractivity contribution in [2.75, 3.05) is 6.26 Å². The highest BCUT2D eigenvalue weighted by atomic mass is 32.2. The molecule has 2 aromatic rings. The molecule has 17 heavy (non-hydrogen) atoms. The van der Waals surface area contributed by atoms with E-state index in [2.05, 4.69) is 9.97 Å². The van der Waals surface area contributed by atoms with E-state index in [1.165, 1.54) is 11.8 Å². The Morgan fingerprint density at radius 3 is 2.71 bits per heavy atom. The van der Waals surface area contributed by atoms with Gasteiger partial charge < -0.3 is 0 Å². The zero-order valence-electron chi connectivity index (χ0n) is 10.4. The predicted molar refractivity (Wildman–Crippen MR) is 70.7 cm³/mol. The minimum atomic E-state index is 0.0262. The fraction of sp³-hybridized carbons (Fsp3) is 0.417. The van der Waals surface area contributed by atoms with Crippen molar-refractivity contribution in [3.63, 3.8) is 0 Å². The number of thioether (sulfide) groups is 1. The normalized spacial score (nSPS) is 11.4. The Balaban J connectivity index is 2.89. The minimum absolute atomic E-state index is 0.0262. The molecule has 0 amide bonds. The van der Waals surface area contributed by atoms with Gasteiger partial charge in [-0.05, 0) is 33.1 Å². The quantitative estimate of drug-likeness (QED) is 0.605. The lowest BCUT2D eigenvalue weighted by molar-refractivity contribution is 0.590. The Kier molecular flexibility index (Phi) is 3.19. The zero-order valence-corrected chi connectivity index (χ0v) is 11.2. The highest BCUT2D eigenvalue weighted by molar-refractivity contribution is 7.98. The van der Waals surface area contributed by atoms with Crippen LogP contribution in [0.1, 0.15) is 25.5 Å². The van der Waals surface area contributed by atoms with E-state index in [1.807, 2.05) is 33.1 Å². The topological polar surface area (TPSA) is 47.8 Å². The molecule has 0 aliphatic heterocycles. The summed E-state index contributed by atoms with van der Waals surface area (Å²) in [4.78, 5) is 20.8. The molecule has 0 radical (unpaired) electrons. The van der Waals surface area contributed by atoms with Gasteiger partial charge in [0, 0.05) is 23.2 Å². The third-order valence-electron chi connectivity index (χ3n) is 2.63. The van der Waals surface area contributed by atoms with Crippen molar-refractivity contribution in [3.8, 4) is 0 Å². The first-order valence-corrected chi connectivity index (χ1v) is 6.70. The molecular formula is C12H15N3OS. The highest BCUT2D eigenvalue weighted by Gasteiger charge is 2.11. The SMILES string of the molecule is CSc1ncc2cc(C)c(=O)n(C(C)C)c2n1. The Labute approximate surface area is 104 Å². The van der Waals surface area contributed by atoms with Crippen LogP contribution in [0.15, 0.2) is 22.2 Å². The number of nitrogens with zero attached hydrogens (tertiary/aromatic N) is 3. The van der Waals surface area contributed by atoms with E-state index in [1.54, 1.807) is 10.8 Å². The van der Waals surface area contributed by atoms with Crippen LogP contribution >= 0.6 is 11.8 Å². The molecular weight excluding hydrogens is 234 g/mol. The monoisotopic (exact) mass is 249 g/mol. The zero-order chi connectivity index (χ0) is 12.6. The van der Waals surface area contributed by atoms with Crippen LogP contribution in [-0.2, 0) is 0 Å². The van der Waals surface area contributed by atoms with Gasteiger partial charge in [0.25, 0.3) is 5.56 Å². The molecule has 0 saturated carbocycles. The van der Waals surface area contributed by atoms with Crippen LogP contribution < -0.4 is 5.56 Å². The third-order valence-corrected chi connectivity index (χ3v) is 3.19. The Hall–Kier alpha value is -1.36. The molecule has 0 fully saturated rings. The summed E-state index contributed by atoms with van der Waals surface area (Å²) < 4.78 is 1.73. The van der Waals surface area contributed by atoms with Gasteiger partial charge in [-0.3, -0.25) is 9.36 Å². The summed E-state index contributed by atoms with van der Waals surface area (Å²) in [5.74, 6) is 0. The average molecular weight is 249 g/mol. The standard InChI is InChI=1S/C12H15N3OS/c1-7(2)15-10-9(5-8(3)11(15)16)6-13-12(14-10)17-4/h5-7H,1-4H3. The van der Waals surface area contributed by atoms with Gasteiger partial charge in [-0.15, -0.1) is 0 Å². The smallest absolute Gasteiger partial charge is 0.255 e. The van der Waals surface area contributed by atoms with E-state index in [4.69, 9.17) is 0 Å². The van der Waals surface area contributed by atoms with E-state index in [9.17, 15) is 4.79 Å². The minimum Gasteiger partial charge on any atom is -0.290 e. The summed E-state index contributed by atoms with van der Waals surface area (Å²) in [6.45, 7) is 5.80. The molecule has 0 spiro atoms. The van der Waals surface area contributed by atoms with Crippen LogP contribution in [-0.4, -0.2) is 20.8 Å². The van der Waals surface area contributed by atoms with Crippen LogP contribution in [0.4, 0.5) is 0 Å². The van der Waals surface area contributed by atoms with Gasteiger partial charge >= 0.3 is 0 Å². The summed E-state index contributed by atoms with van der Waals surface area (Å²) in [5, 5.41) is 1.60. The summed E-state index contributed by atoms with van der Waals surface area (Å²) in [5.41, 5.74) is 1.47. The van der Waals surface area contributed by atoms with Crippen LogP contribution in [0.3, 0.4) is 0 Å². The molecule has 0 unspecified atom stereocenters. The van der Waals surface area contributed by atoms with Gasteiger partial charge in [-0.1, -0.05) is 11.8 Å². The third kappa shape index (κ3) is 2.07. The molecule has 0 aliphatic carbocycles. The number of aromatic nitrogens is 3.